The number of carbonyl (C=O) groups is 1. The Morgan fingerprint density at radius 1 is 1.00 bits per heavy atom. The lowest BCUT2D eigenvalue weighted by Crippen LogP contribution is -2.37. The van der Waals surface area contributed by atoms with Crippen molar-refractivity contribution >= 4 is 5.78 Å². The van der Waals surface area contributed by atoms with Crippen LogP contribution in [0.4, 0.5) is 0 Å². The van der Waals surface area contributed by atoms with Crippen LogP contribution in [0.2, 0.25) is 0 Å². The van der Waals surface area contributed by atoms with Gasteiger partial charge in [-0.15, -0.1) is 0 Å². The highest BCUT2D eigenvalue weighted by atomic mass is 16.7. The summed E-state index contributed by atoms with van der Waals surface area (Å²) in [6, 6.07) is 17.9. The fourth-order valence-electron chi connectivity index (χ4n) is 3.05. The first-order valence-electron chi connectivity index (χ1n) is 8.96. The average Bonchev–Trinajstić information content (AvgIpc) is 2.64. The Labute approximate surface area is 150 Å². The van der Waals surface area contributed by atoms with E-state index in [0.717, 1.165) is 29.5 Å². The van der Waals surface area contributed by atoms with Gasteiger partial charge in [0.15, 0.2) is 12.1 Å². The van der Waals surface area contributed by atoms with Gasteiger partial charge in [0.05, 0.1) is 13.2 Å². The Morgan fingerprint density at radius 2 is 1.64 bits per heavy atom. The van der Waals surface area contributed by atoms with Gasteiger partial charge in [-0.2, -0.15) is 0 Å². The second-order valence-electron chi connectivity index (χ2n) is 7.44. The SMILES string of the molecule is CC1(C)COC(CCCC(=O)c2ccccc2-c2ccccc2)OC1. The molecule has 0 atom stereocenters. The van der Waals surface area contributed by atoms with Crippen molar-refractivity contribution in [1.82, 2.24) is 0 Å². The summed E-state index contributed by atoms with van der Waals surface area (Å²) in [5, 5.41) is 0. The Morgan fingerprint density at radius 3 is 2.36 bits per heavy atom. The Balaban J connectivity index is 1.58. The van der Waals surface area contributed by atoms with E-state index in [1.807, 2.05) is 54.6 Å². The number of ether oxygens (including phenoxy) is 2. The zero-order valence-electron chi connectivity index (χ0n) is 15.0. The van der Waals surface area contributed by atoms with Gasteiger partial charge >= 0.3 is 0 Å². The summed E-state index contributed by atoms with van der Waals surface area (Å²) < 4.78 is 11.5. The fraction of sp³-hybridized carbons (Fsp3) is 0.409. The van der Waals surface area contributed by atoms with E-state index >= 15 is 0 Å². The molecule has 1 fully saturated rings. The summed E-state index contributed by atoms with van der Waals surface area (Å²) in [7, 11) is 0. The van der Waals surface area contributed by atoms with Gasteiger partial charge in [-0.05, 0) is 24.0 Å². The first-order valence-corrected chi connectivity index (χ1v) is 8.96. The molecular weight excluding hydrogens is 312 g/mol. The number of rotatable bonds is 6. The number of hydrogen-bond donors (Lipinski definition) is 0. The Kier molecular flexibility index (Phi) is 5.67. The molecule has 3 heteroatoms. The maximum Gasteiger partial charge on any atom is 0.163 e. The minimum absolute atomic E-state index is 0.0843. The van der Waals surface area contributed by atoms with E-state index in [0.29, 0.717) is 19.6 Å². The van der Waals surface area contributed by atoms with Crippen molar-refractivity contribution in [2.24, 2.45) is 5.41 Å². The quantitative estimate of drug-likeness (QED) is 0.687. The molecule has 3 rings (SSSR count). The molecule has 1 aliphatic heterocycles. The molecule has 0 aromatic heterocycles. The molecule has 1 aliphatic rings. The maximum absolute atomic E-state index is 12.7. The second kappa shape index (κ2) is 7.94. The van der Waals surface area contributed by atoms with Crippen molar-refractivity contribution in [3.8, 4) is 11.1 Å². The molecule has 0 amide bonds. The molecule has 0 bridgehead atoms. The third-order valence-electron chi connectivity index (χ3n) is 4.48. The van der Waals surface area contributed by atoms with E-state index < -0.39 is 0 Å². The highest BCUT2D eigenvalue weighted by Gasteiger charge is 2.28. The first kappa shape index (κ1) is 17.8. The molecule has 0 spiro atoms. The number of Topliss-reactive ketones (excluding diaryl/α,β-unsaturated/α-hetero) is 1. The molecule has 0 unspecified atom stereocenters. The van der Waals surface area contributed by atoms with Gasteiger partial charge < -0.3 is 9.47 Å². The third kappa shape index (κ3) is 4.77. The van der Waals surface area contributed by atoms with Gasteiger partial charge in [0.1, 0.15) is 0 Å². The topological polar surface area (TPSA) is 35.5 Å². The van der Waals surface area contributed by atoms with Gasteiger partial charge in [-0.25, -0.2) is 0 Å². The first-order chi connectivity index (χ1) is 12.1. The summed E-state index contributed by atoms with van der Waals surface area (Å²) in [6.45, 7) is 5.69. The molecule has 0 N–H and O–H groups in total. The van der Waals surface area contributed by atoms with Crippen LogP contribution in [0.5, 0.6) is 0 Å². The lowest BCUT2D eigenvalue weighted by molar-refractivity contribution is -0.223. The summed E-state index contributed by atoms with van der Waals surface area (Å²) in [5.41, 5.74) is 2.95. The second-order valence-corrected chi connectivity index (χ2v) is 7.44. The van der Waals surface area contributed by atoms with Gasteiger partial charge in [0, 0.05) is 17.4 Å². The van der Waals surface area contributed by atoms with E-state index in [-0.39, 0.29) is 17.5 Å². The van der Waals surface area contributed by atoms with Crippen LogP contribution in [0, 0.1) is 5.41 Å². The minimum atomic E-state index is -0.176. The monoisotopic (exact) mass is 338 g/mol. The van der Waals surface area contributed by atoms with E-state index in [2.05, 4.69) is 13.8 Å². The predicted octanol–water partition coefficient (Wildman–Crippen LogP) is 5.11. The van der Waals surface area contributed by atoms with Crippen LogP contribution in [0.15, 0.2) is 54.6 Å². The van der Waals surface area contributed by atoms with E-state index in [9.17, 15) is 4.79 Å². The summed E-state index contributed by atoms with van der Waals surface area (Å²) in [6.07, 6.45) is 1.86. The molecule has 1 saturated heterocycles. The largest absolute Gasteiger partial charge is 0.352 e. The minimum Gasteiger partial charge on any atom is -0.352 e. The van der Waals surface area contributed by atoms with Crippen LogP contribution in [0.25, 0.3) is 11.1 Å². The van der Waals surface area contributed by atoms with Crippen molar-refractivity contribution < 1.29 is 14.3 Å². The molecule has 25 heavy (non-hydrogen) atoms. The molecule has 0 aliphatic carbocycles. The molecule has 132 valence electrons. The Hall–Kier alpha value is -1.97. The smallest absolute Gasteiger partial charge is 0.163 e. The predicted molar refractivity (Wildman–Crippen MR) is 99.5 cm³/mol. The van der Waals surface area contributed by atoms with Crippen molar-refractivity contribution in [2.75, 3.05) is 13.2 Å². The highest BCUT2D eigenvalue weighted by Crippen LogP contribution is 2.27. The average molecular weight is 338 g/mol. The lowest BCUT2D eigenvalue weighted by atomic mass is 9.94. The van der Waals surface area contributed by atoms with Crippen molar-refractivity contribution in [2.45, 2.75) is 39.4 Å². The van der Waals surface area contributed by atoms with Gasteiger partial charge in [-0.1, -0.05) is 68.4 Å². The molecule has 0 radical (unpaired) electrons. The third-order valence-corrected chi connectivity index (χ3v) is 4.48. The molecule has 2 aromatic carbocycles. The molecular formula is C22H26O3. The van der Waals surface area contributed by atoms with Crippen LogP contribution in [0.1, 0.15) is 43.5 Å². The molecule has 3 nitrogen and oxygen atoms in total. The van der Waals surface area contributed by atoms with Gasteiger partial charge in [0.25, 0.3) is 0 Å². The zero-order valence-corrected chi connectivity index (χ0v) is 15.0. The zero-order chi connectivity index (χ0) is 17.7. The van der Waals surface area contributed by atoms with Crippen LogP contribution >= 0.6 is 0 Å². The fourth-order valence-corrected chi connectivity index (χ4v) is 3.05. The van der Waals surface area contributed by atoms with Crippen molar-refractivity contribution in [3.05, 3.63) is 60.2 Å². The van der Waals surface area contributed by atoms with Crippen LogP contribution in [0.3, 0.4) is 0 Å². The van der Waals surface area contributed by atoms with Crippen LogP contribution in [-0.4, -0.2) is 25.3 Å². The highest BCUT2D eigenvalue weighted by molar-refractivity contribution is 6.02. The molecule has 1 heterocycles. The van der Waals surface area contributed by atoms with E-state index in [1.165, 1.54) is 0 Å². The van der Waals surface area contributed by atoms with Crippen LogP contribution < -0.4 is 0 Å². The Bertz CT molecular complexity index is 696. The normalized spacial score (nSPS) is 17.4. The van der Waals surface area contributed by atoms with E-state index in [4.69, 9.17) is 9.47 Å². The summed E-state index contributed by atoms with van der Waals surface area (Å²) >= 11 is 0. The molecule has 2 aromatic rings. The van der Waals surface area contributed by atoms with Crippen molar-refractivity contribution in [1.29, 1.82) is 0 Å². The number of carbonyl (C=O) groups excluding carboxylic acids is 1. The molecule has 0 saturated carbocycles. The number of benzene rings is 2. The van der Waals surface area contributed by atoms with Gasteiger partial charge in [-0.3, -0.25) is 4.79 Å². The number of ketones is 1. The maximum atomic E-state index is 12.7. The van der Waals surface area contributed by atoms with Gasteiger partial charge in [0.2, 0.25) is 0 Å². The summed E-state index contributed by atoms with van der Waals surface area (Å²) in [5.74, 6) is 0.176. The number of hydrogen-bond acceptors (Lipinski definition) is 3. The van der Waals surface area contributed by atoms with Crippen LogP contribution in [-0.2, 0) is 9.47 Å². The van der Waals surface area contributed by atoms with E-state index in [1.54, 1.807) is 0 Å². The standard InChI is InChI=1S/C22H26O3/c1-22(2)15-24-21(25-16-22)14-8-13-20(23)19-12-7-6-11-18(19)17-9-4-3-5-10-17/h3-7,9-12,21H,8,13-16H2,1-2H3. The summed E-state index contributed by atoms with van der Waals surface area (Å²) in [4.78, 5) is 12.7. The lowest BCUT2D eigenvalue weighted by Gasteiger charge is -2.34. The van der Waals surface area contributed by atoms with Crippen molar-refractivity contribution in [3.63, 3.8) is 0 Å².